The van der Waals surface area contributed by atoms with E-state index in [0.29, 0.717) is 5.69 Å². The van der Waals surface area contributed by atoms with Gasteiger partial charge in [-0.2, -0.15) is 0 Å². The standard InChI is InChI=1S/C16H18N2O/c19-15(14-12-17-10-11-18-14)16(8-4-5-9-16)13-6-2-1-3-7-13/h1-3,6-7,10-12,15,19H,4-5,8-9H2. The lowest BCUT2D eigenvalue weighted by Crippen LogP contribution is -2.31. The van der Waals surface area contributed by atoms with Gasteiger partial charge in [0.2, 0.25) is 0 Å². The molecule has 1 aliphatic carbocycles. The number of aliphatic hydroxyl groups excluding tert-OH is 1. The third kappa shape index (κ3) is 2.15. The normalized spacial score (nSPS) is 19.2. The molecule has 19 heavy (non-hydrogen) atoms. The Kier molecular flexibility index (Phi) is 3.30. The van der Waals surface area contributed by atoms with Crippen LogP contribution in [0.3, 0.4) is 0 Å². The highest BCUT2D eigenvalue weighted by atomic mass is 16.3. The molecule has 1 fully saturated rings. The maximum Gasteiger partial charge on any atom is 0.107 e. The zero-order valence-corrected chi connectivity index (χ0v) is 10.9. The second-order valence-corrected chi connectivity index (χ2v) is 5.26. The number of hydrogen-bond donors (Lipinski definition) is 1. The van der Waals surface area contributed by atoms with Gasteiger partial charge in [-0.1, -0.05) is 43.2 Å². The first-order valence-electron chi connectivity index (χ1n) is 6.82. The molecule has 3 nitrogen and oxygen atoms in total. The lowest BCUT2D eigenvalue weighted by molar-refractivity contribution is 0.0780. The van der Waals surface area contributed by atoms with E-state index in [1.165, 1.54) is 5.56 Å². The van der Waals surface area contributed by atoms with Crippen LogP contribution in [0.15, 0.2) is 48.9 Å². The van der Waals surface area contributed by atoms with Gasteiger partial charge < -0.3 is 5.11 Å². The number of hydrogen-bond acceptors (Lipinski definition) is 3. The van der Waals surface area contributed by atoms with Gasteiger partial charge in [-0.15, -0.1) is 0 Å². The van der Waals surface area contributed by atoms with E-state index in [1.54, 1.807) is 18.6 Å². The third-order valence-corrected chi connectivity index (χ3v) is 4.23. The molecule has 1 aliphatic rings. The zero-order valence-electron chi connectivity index (χ0n) is 10.9. The molecule has 3 rings (SSSR count). The van der Waals surface area contributed by atoms with E-state index >= 15 is 0 Å². The Labute approximate surface area is 113 Å². The molecular formula is C16H18N2O. The quantitative estimate of drug-likeness (QED) is 0.915. The van der Waals surface area contributed by atoms with Gasteiger partial charge >= 0.3 is 0 Å². The Morgan fingerprint density at radius 2 is 1.79 bits per heavy atom. The van der Waals surface area contributed by atoms with Crippen molar-refractivity contribution in [3.63, 3.8) is 0 Å². The fourth-order valence-electron chi connectivity index (χ4n) is 3.23. The molecule has 3 heteroatoms. The van der Waals surface area contributed by atoms with Crippen LogP contribution in [0.5, 0.6) is 0 Å². The molecule has 0 bridgehead atoms. The van der Waals surface area contributed by atoms with Crippen LogP contribution in [0.25, 0.3) is 0 Å². The van der Waals surface area contributed by atoms with E-state index in [9.17, 15) is 5.11 Å². The van der Waals surface area contributed by atoms with Gasteiger partial charge in [0.05, 0.1) is 11.9 Å². The van der Waals surface area contributed by atoms with Crippen molar-refractivity contribution in [3.8, 4) is 0 Å². The average molecular weight is 254 g/mol. The smallest absolute Gasteiger partial charge is 0.107 e. The van der Waals surface area contributed by atoms with Gasteiger partial charge in [0.25, 0.3) is 0 Å². The van der Waals surface area contributed by atoms with Gasteiger partial charge in [0, 0.05) is 17.8 Å². The van der Waals surface area contributed by atoms with Crippen molar-refractivity contribution in [2.75, 3.05) is 0 Å². The molecule has 1 N–H and O–H groups in total. The molecule has 1 aromatic heterocycles. The van der Waals surface area contributed by atoms with Gasteiger partial charge in [0.1, 0.15) is 6.10 Å². The molecule has 2 aromatic rings. The Morgan fingerprint density at radius 3 is 2.42 bits per heavy atom. The van der Waals surface area contributed by atoms with E-state index in [0.717, 1.165) is 25.7 Å². The van der Waals surface area contributed by atoms with Crippen LogP contribution < -0.4 is 0 Å². The van der Waals surface area contributed by atoms with Crippen molar-refractivity contribution in [1.82, 2.24) is 9.97 Å². The molecule has 0 spiro atoms. The van der Waals surface area contributed by atoms with Gasteiger partial charge in [-0.3, -0.25) is 9.97 Å². The summed E-state index contributed by atoms with van der Waals surface area (Å²) in [6.07, 6.45) is 8.72. The number of rotatable bonds is 3. The van der Waals surface area contributed by atoms with E-state index < -0.39 is 6.10 Å². The molecular weight excluding hydrogens is 236 g/mol. The van der Waals surface area contributed by atoms with Crippen molar-refractivity contribution in [2.45, 2.75) is 37.2 Å². The summed E-state index contributed by atoms with van der Waals surface area (Å²) in [4.78, 5) is 8.36. The fraction of sp³-hybridized carbons (Fsp3) is 0.375. The lowest BCUT2D eigenvalue weighted by Gasteiger charge is -2.34. The molecule has 1 atom stereocenters. The minimum absolute atomic E-state index is 0.197. The Hall–Kier alpha value is -1.74. The summed E-state index contributed by atoms with van der Waals surface area (Å²) in [6, 6.07) is 10.3. The summed E-state index contributed by atoms with van der Waals surface area (Å²) in [7, 11) is 0. The van der Waals surface area contributed by atoms with Gasteiger partial charge in [-0.25, -0.2) is 0 Å². The maximum absolute atomic E-state index is 10.8. The van der Waals surface area contributed by atoms with Crippen LogP contribution in [-0.4, -0.2) is 15.1 Å². The van der Waals surface area contributed by atoms with Crippen molar-refractivity contribution < 1.29 is 5.11 Å². The van der Waals surface area contributed by atoms with Crippen LogP contribution in [-0.2, 0) is 5.41 Å². The first-order valence-corrected chi connectivity index (χ1v) is 6.82. The van der Waals surface area contributed by atoms with Crippen LogP contribution in [0, 0.1) is 0 Å². The molecule has 1 heterocycles. The zero-order chi connectivity index (χ0) is 13.1. The molecule has 1 saturated carbocycles. The Bertz CT molecular complexity index is 521. The molecule has 1 unspecified atom stereocenters. The number of aromatic nitrogens is 2. The molecule has 0 aliphatic heterocycles. The highest BCUT2D eigenvalue weighted by Gasteiger charge is 2.43. The van der Waals surface area contributed by atoms with Crippen molar-refractivity contribution in [2.24, 2.45) is 0 Å². The molecule has 0 saturated heterocycles. The molecule has 98 valence electrons. The summed E-state index contributed by atoms with van der Waals surface area (Å²) in [5.41, 5.74) is 1.69. The average Bonchev–Trinajstić information content (AvgIpc) is 2.99. The SMILES string of the molecule is OC(c1cnccn1)C1(c2ccccc2)CCCC1. The van der Waals surface area contributed by atoms with Crippen molar-refractivity contribution >= 4 is 0 Å². The minimum Gasteiger partial charge on any atom is -0.386 e. The maximum atomic E-state index is 10.8. The predicted molar refractivity (Wildman–Crippen MR) is 73.6 cm³/mol. The van der Waals surface area contributed by atoms with Crippen LogP contribution in [0.2, 0.25) is 0 Å². The van der Waals surface area contributed by atoms with Crippen LogP contribution >= 0.6 is 0 Å². The molecule has 1 aromatic carbocycles. The predicted octanol–water partition coefficient (Wildman–Crippen LogP) is 3.02. The second kappa shape index (κ2) is 5.10. The summed E-state index contributed by atoms with van der Waals surface area (Å²) in [5.74, 6) is 0. The highest BCUT2D eigenvalue weighted by molar-refractivity contribution is 5.30. The Morgan fingerprint density at radius 1 is 1.05 bits per heavy atom. The summed E-state index contributed by atoms with van der Waals surface area (Å²) in [6.45, 7) is 0. The van der Waals surface area contributed by atoms with Gasteiger partial charge in [-0.05, 0) is 18.4 Å². The number of nitrogens with zero attached hydrogens (tertiary/aromatic N) is 2. The summed E-state index contributed by atoms with van der Waals surface area (Å²) < 4.78 is 0. The lowest BCUT2D eigenvalue weighted by atomic mass is 9.73. The first kappa shape index (κ1) is 12.3. The van der Waals surface area contributed by atoms with E-state index in [2.05, 4.69) is 22.1 Å². The van der Waals surface area contributed by atoms with Gasteiger partial charge in [0.15, 0.2) is 0 Å². The first-order chi connectivity index (χ1) is 9.33. The van der Waals surface area contributed by atoms with Crippen LogP contribution in [0.4, 0.5) is 0 Å². The largest absolute Gasteiger partial charge is 0.386 e. The minimum atomic E-state index is -0.578. The van der Waals surface area contributed by atoms with E-state index in [4.69, 9.17) is 0 Å². The van der Waals surface area contributed by atoms with Crippen molar-refractivity contribution in [1.29, 1.82) is 0 Å². The van der Waals surface area contributed by atoms with E-state index in [1.807, 2.05) is 18.2 Å². The number of aliphatic hydroxyl groups is 1. The number of benzene rings is 1. The fourth-order valence-corrected chi connectivity index (χ4v) is 3.23. The monoisotopic (exact) mass is 254 g/mol. The Balaban J connectivity index is 2.02. The topological polar surface area (TPSA) is 46.0 Å². The highest BCUT2D eigenvalue weighted by Crippen LogP contribution is 2.49. The van der Waals surface area contributed by atoms with Crippen molar-refractivity contribution in [3.05, 3.63) is 60.2 Å². The molecule has 0 radical (unpaired) electrons. The second-order valence-electron chi connectivity index (χ2n) is 5.26. The van der Waals surface area contributed by atoms with E-state index in [-0.39, 0.29) is 5.41 Å². The summed E-state index contributed by atoms with van der Waals surface area (Å²) in [5, 5.41) is 10.8. The third-order valence-electron chi connectivity index (χ3n) is 4.23. The van der Waals surface area contributed by atoms with Crippen LogP contribution in [0.1, 0.15) is 43.0 Å². The summed E-state index contributed by atoms with van der Waals surface area (Å²) >= 11 is 0. The molecule has 0 amide bonds.